The number of fused-ring (bicyclic) bond motifs is 1. The second-order valence-corrected chi connectivity index (χ2v) is 5.07. The first-order valence-electron chi connectivity index (χ1n) is 6.79. The number of aromatic hydroxyl groups is 2. The van der Waals surface area contributed by atoms with Gasteiger partial charge in [0.1, 0.15) is 0 Å². The summed E-state index contributed by atoms with van der Waals surface area (Å²) in [5.41, 5.74) is 3.50. The number of phenolic OH excluding ortho intramolecular Hbond substituents is 2. The van der Waals surface area contributed by atoms with E-state index in [4.69, 9.17) is 0 Å². The summed E-state index contributed by atoms with van der Waals surface area (Å²) >= 11 is 0. The van der Waals surface area contributed by atoms with Gasteiger partial charge in [0.2, 0.25) is 0 Å². The van der Waals surface area contributed by atoms with Crippen molar-refractivity contribution in [1.29, 1.82) is 0 Å². The van der Waals surface area contributed by atoms with Crippen molar-refractivity contribution in [2.45, 2.75) is 13.0 Å². The molecule has 0 fully saturated rings. The number of carbonyl (C=O) groups is 1. The van der Waals surface area contributed by atoms with E-state index < -0.39 is 0 Å². The van der Waals surface area contributed by atoms with Crippen molar-refractivity contribution in [2.24, 2.45) is 0 Å². The lowest BCUT2D eigenvalue weighted by Gasteiger charge is -2.18. The molecule has 0 aromatic heterocycles. The zero-order chi connectivity index (χ0) is 14.8. The molecule has 0 aliphatic carbocycles. The van der Waals surface area contributed by atoms with Crippen LogP contribution in [0.15, 0.2) is 36.4 Å². The van der Waals surface area contributed by atoms with E-state index in [1.807, 2.05) is 18.2 Å². The van der Waals surface area contributed by atoms with Crippen molar-refractivity contribution >= 4 is 11.6 Å². The molecule has 0 spiro atoms. The van der Waals surface area contributed by atoms with Gasteiger partial charge in [-0.3, -0.25) is 4.79 Å². The maximum absolute atomic E-state index is 12.1. The van der Waals surface area contributed by atoms with Gasteiger partial charge < -0.3 is 20.8 Å². The molecule has 3 rings (SSSR count). The fourth-order valence-electron chi connectivity index (χ4n) is 2.43. The van der Waals surface area contributed by atoms with E-state index in [-0.39, 0.29) is 17.4 Å². The van der Waals surface area contributed by atoms with Gasteiger partial charge in [-0.2, -0.15) is 0 Å². The van der Waals surface area contributed by atoms with E-state index in [0.29, 0.717) is 5.56 Å². The Morgan fingerprint density at radius 3 is 2.71 bits per heavy atom. The van der Waals surface area contributed by atoms with Crippen LogP contribution >= 0.6 is 0 Å². The smallest absolute Gasteiger partial charge is 0.255 e. The van der Waals surface area contributed by atoms with Gasteiger partial charge in [-0.15, -0.1) is 0 Å². The second kappa shape index (κ2) is 5.46. The molecule has 1 amide bonds. The van der Waals surface area contributed by atoms with Crippen LogP contribution < -0.4 is 10.6 Å². The molecule has 0 bridgehead atoms. The normalized spacial score (nSPS) is 13.5. The molecular formula is C16H16N2O3. The number of phenols is 2. The van der Waals surface area contributed by atoms with Crippen LogP contribution in [-0.2, 0) is 13.0 Å². The molecular weight excluding hydrogens is 268 g/mol. The van der Waals surface area contributed by atoms with Crippen LogP contribution in [0.4, 0.5) is 5.69 Å². The molecule has 1 aliphatic rings. The number of benzene rings is 2. The van der Waals surface area contributed by atoms with Gasteiger partial charge in [0.15, 0.2) is 11.5 Å². The predicted molar refractivity (Wildman–Crippen MR) is 79.6 cm³/mol. The summed E-state index contributed by atoms with van der Waals surface area (Å²) in [6.07, 6.45) is 0.995. The third-order valence-electron chi connectivity index (χ3n) is 3.59. The molecule has 108 valence electrons. The third kappa shape index (κ3) is 2.83. The first-order valence-corrected chi connectivity index (χ1v) is 6.79. The maximum atomic E-state index is 12.1. The van der Waals surface area contributed by atoms with Gasteiger partial charge in [-0.25, -0.2) is 0 Å². The number of carbonyl (C=O) groups excluding carboxylic acids is 1. The van der Waals surface area contributed by atoms with E-state index in [0.717, 1.165) is 25.2 Å². The van der Waals surface area contributed by atoms with E-state index in [9.17, 15) is 15.0 Å². The molecule has 4 N–H and O–H groups in total. The summed E-state index contributed by atoms with van der Waals surface area (Å²) in [6, 6.07) is 9.86. The van der Waals surface area contributed by atoms with Crippen molar-refractivity contribution < 1.29 is 15.0 Å². The fourth-order valence-corrected chi connectivity index (χ4v) is 2.43. The number of hydrogen-bond acceptors (Lipinski definition) is 4. The lowest BCUT2D eigenvalue weighted by atomic mass is 10.0. The first kappa shape index (κ1) is 13.5. The number of nitrogens with one attached hydrogen (secondary N) is 2. The van der Waals surface area contributed by atoms with Crippen molar-refractivity contribution in [3.8, 4) is 11.5 Å². The summed E-state index contributed by atoms with van der Waals surface area (Å²) in [7, 11) is 0. The monoisotopic (exact) mass is 284 g/mol. The van der Waals surface area contributed by atoms with Crippen LogP contribution in [0.5, 0.6) is 11.5 Å². The topological polar surface area (TPSA) is 81.6 Å². The van der Waals surface area contributed by atoms with Crippen molar-refractivity contribution in [2.75, 3.05) is 11.9 Å². The van der Waals surface area contributed by atoms with Crippen LogP contribution in [0.2, 0.25) is 0 Å². The van der Waals surface area contributed by atoms with Crippen LogP contribution in [-0.4, -0.2) is 22.7 Å². The molecule has 2 aromatic rings. The average molecular weight is 284 g/mol. The molecule has 1 aliphatic heterocycles. The highest BCUT2D eigenvalue weighted by atomic mass is 16.3. The average Bonchev–Trinajstić information content (AvgIpc) is 2.50. The molecule has 5 heteroatoms. The zero-order valence-corrected chi connectivity index (χ0v) is 11.4. The SMILES string of the molecule is O=C(Nc1ccc2c(c1)CNCC2)c1ccc(O)c(O)c1. The molecule has 0 radical (unpaired) electrons. The quantitative estimate of drug-likeness (QED) is 0.636. The van der Waals surface area contributed by atoms with E-state index in [1.54, 1.807) is 0 Å². The highest BCUT2D eigenvalue weighted by Gasteiger charge is 2.12. The highest BCUT2D eigenvalue weighted by Crippen LogP contribution is 2.25. The molecule has 0 unspecified atom stereocenters. The lowest BCUT2D eigenvalue weighted by Crippen LogP contribution is -2.23. The Bertz CT molecular complexity index is 698. The second-order valence-electron chi connectivity index (χ2n) is 5.07. The highest BCUT2D eigenvalue weighted by molar-refractivity contribution is 6.04. The molecule has 2 aromatic carbocycles. The minimum absolute atomic E-state index is 0.244. The Hall–Kier alpha value is -2.53. The number of hydrogen-bond donors (Lipinski definition) is 4. The number of anilines is 1. The van der Waals surface area contributed by atoms with Crippen LogP contribution in [0.3, 0.4) is 0 Å². The van der Waals surface area contributed by atoms with Gasteiger partial charge in [0.05, 0.1) is 0 Å². The summed E-state index contributed by atoms with van der Waals surface area (Å²) < 4.78 is 0. The molecule has 5 nitrogen and oxygen atoms in total. The Balaban J connectivity index is 1.79. The number of rotatable bonds is 2. The van der Waals surface area contributed by atoms with Gasteiger partial charge in [0, 0.05) is 17.8 Å². The number of amides is 1. The predicted octanol–water partition coefficient (Wildman–Crippen LogP) is 2.00. The molecule has 1 heterocycles. The van der Waals surface area contributed by atoms with Crippen LogP contribution in [0.1, 0.15) is 21.5 Å². The summed E-state index contributed by atoms with van der Waals surface area (Å²) in [6.45, 7) is 1.78. The standard InChI is InChI=1S/C16H16N2O3/c19-14-4-2-11(8-15(14)20)16(21)18-13-3-1-10-5-6-17-9-12(10)7-13/h1-4,7-8,17,19-20H,5-6,9H2,(H,18,21). The molecule has 0 saturated carbocycles. The van der Waals surface area contributed by atoms with Crippen LogP contribution in [0, 0.1) is 0 Å². The third-order valence-corrected chi connectivity index (χ3v) is 3.59. The zero-order valence-electron chi connectivity index (χ0n) is 11.4. The van der Waals surface area contributed by atoms with Crippen LogP contribution in [0.25, 0.3) is 0 Å². The Morgan fingerprint density at radius 2 is 1.90 bits per heavy atom. The Morgan fingerprint density at radius 1 is 1.05 bits per heavy atom. The minimum atomic E-state index is -0.325. The first-order chi connectivity index (χ1) is 10.1. The summed E-state index contributed by atoms with van der Waals surface area (Å²) in [5.74, 6) is -0.877. The summed E-state index contributed by atoms with van der Waals surface area (Å²) in [5, 5.41) is 24.8. The Labute approximate surface area is 122 Å². The Kier molecular flexibility index (Phi) is 3.50. The van der Waals surface area contributed by atoms with Gasteiger partial charge in [-0.1, -0.05) is 6.07 Å². The maximum Gasteiger partial charge on any atom is 0.255 e. The van der Waals surface area contributed by atoms with Gasteiger partial charge in [-0.05, 0) is 54.4 Å². The summed E-state index contributed by atoms with van der Waals surface area (Å²) in [4.78, 5) is 12.1. The molecule has 0 atom stereocenters. The van der Waals surface area contributed by atoms with E-state index in [1.165, 1.54) is 29.3 Å². The van der Waals surface area contributed by atoms with E-state index in [2.05, 4.69) is 10.6 Å². The van der Waals surface area contributed by atoms with Crippen molar-refractivity contribution in [1.82, 2.24) is 5.32 Å². The van der Waals surface area contributed by atoms with Crippen molar-refractivity contribution in [3.63, 3.8) is 0 Å². The van der Waals surface area contributed by atoms with Gasteiger partial charge >= 0.3 is 0 Å². The van der Waals surface area contributed by atoms with Crippen molar-refractivity contribution in [3.05, 3.63) is 53.1 Å². The molecule has 0 saturated heterocycles. The van der Waals surface area contributed by atoms with E-state index >= 15 is 0 Å². The fraction of sp³-hybridized carbons (Fsp3) is 0.188. The lowest BCUT2D eigenvalue weighted by molar-refractivity contribution is 0.102. The largest absolute Gasteiger partial charge is 0.504 e. The minimum Gasteiger partial charge on any atom is -0.504 e. The molecule has 21 heavy (non-hydrogen) atoms. The van der Waals surface area contributed by atoms with Gasteiger partial charge in [0.25, 0.3) is 5.91 Å².